The summed E-state index contributed by atoms with van der Waals surface area (Å²) in [6, 6.07) is 0. The number of carbonyl (C=O) groups is 1. The number of aromatic nitrogens is 2. The molecule has 0 bridgehead atoms. The van der Waals surface area contributed by atoms with Crippen LogP contribution in [0.1, 0.15) is 17.0 Å². The van der Waals surface area contributed by atoms with E-state index >= 15 is 0 Å². The number of hydrogen-bond acceptors (Lipinski definition) is 5. The van der Waals surface area contributed by atoms with E-state index in [2.05, 4.69) is 9.97 Å². The molecule has 1 heterocycles. The minimum atomic E-state index is -0.804. The number of ether oxygens (including phenoxy) is 1. The van der Waals surface area contributed by atoms with Gasteiger partial charge in [-0.3, -0.25) is 0 Å². The number of amides is 1. The van der Waals surface area contributed by atoms with E-state index in [1.54, 1.807) is 4.90 Å². The first-order valence-electron chi connectivity index (χ1n) is 4.85. The number of rotatable bonds is 3. The molecule has 6 heteroatoms. The van der Waals surface area contributed by atoms with Crippen molar-refractivity contribution in [1.82, 2.24) is 9.97 Å². The van der Waals surface area contributed by atoms with Gasteiger partial charge >= 0.3 is 6.09 Å². The Morgan fingerprint density at radius 2 is 2.00 bits per heavy atom. The van der Waals surface area contributed by atoms with Crippen molar-refractivity contribution in [3.05, 3.63) is 17.0 Å². The molecule has 0 aliphatic rings. The average molecular weight is 224 g/mol. The summed E-state index contributed by atoms with van der Waals surface area (Å²) in [7, 11) is 3.70. The van der Waals surface area contributed by atoms with E-state index in [9.17, 15) is 4.79 Å². The summed E-state index contributed by atoms with van der Waals surface area (Å²) in [5.74, 6) is 0.589. The largest absolute Gasteiger partial charge is 0.443 e. The molecule has 0 saturated heterocycles. The summed E-state index contributed by atoms with van der Waals surface area (Å²) in [5, 5.41) is 0. The third-order valence-electron chi connectivity index (χ3n) is 2.23. The van der Waals surface area contributed by atoms with Crippen LogP contribution in [0.15, 0.2) is 0 Å². The van der Waals surface area contributed by atoms with Crippen LogP contribution in [0.25, 0.3) is 0 Å². The van der Waals surface area contributed by atoms with Crippen molar-refractivity contribution in [2.75, 3.05) is 19.0 Å². The van der Waals surface area contributed by atoms with Gasteiger partial charge in [-0.15, -0.1) is 0 Å². The van der Waals surface area contributed by atoms with Crippen LogP contribution in [0.3, 0.4) is 0 Å². The number of aryl methyl sites for hydroxylation is 1. The first kappa shape index (κ1) is 12.2. The molecule has 1 aromatic rings. The SMILES string of the molecule is Cc1nc(N(C)C)nc(COC(N)=O)c1C. The van der Waals surface area contributed by atoms with Gasteiger partial charge < -0.3 is 15.4 Å². The smallest absolute Gasteiger partial charge is 0.404 e. The molecule has 1 rings (SSSR count). The Kier molecular flexibility index (Phi) is 3.65. The topological polar surface area (TPSA) is 81.3 Å². The molecule has 0 spiro atoms. The van der Waals surface area contributed by atoms with E-state index < -0.39 is 6.09 Å². The highest BCUT2D eigenvalue weighted by atomic mass is 16.5. The van der Waals surface area contributed by atoms with E-state index in [-0.39, 0.29) is 6.61 Å². The second-order valence-electron chi connectivity index (χ2n) is 3.68. The van der Waals surface area contributed by atoms with Gasteiger partial charge in [0.2, 0.25) is 5.95 Å². The zero-order valence-electron chi connectivity index (χ0n) is 9.94. The van der Waals surface area contributed by atoms with Crippen molar-refractivity contribution in [2.45, 2.75) is 20.5 Å². The summed E-state index contributed by atoms with van der Waals surface area (Å²) in [6.45, 7) is 3.84. The molecular weight excluding hydrogens is 208 g/mol. The lowest BCUT2D eigenvalue weighted by molar-refractivity contribution is 0.148. The maximum absolute atomic E-state index is 10.5. The maximum atomic E-state index is 10.5. The Morgan fingerprint density at radius 1 is 1.38 bits per heavy atom. The van der Waals surface area contributed by atoms with Crippen molar-refractivity contribution in [1.29, 1.82) is 0 Å². The minimum Gasteiger partial charge on any atom is -0.443 e. The summed E-state index contributed by atoms with van der Waals surface area (Å²) < 4.78 is 4.73. The van der Waals surface area contributed by atoms with Crippen molar-refractivity contribution >= 4 is 12.0 Å². The molecule has 0 aliphatic carbocycles. The van der Waals surface area contributed by atoms with Gasteiger partial charge in [0.05, 0.1) is 5.69 Å². The fraction of sp³-hybridized carbons (Fsp3) is 0.500. The van der Waals surface area contributed by atoms with Crippen LogP contribution in [0.2, 0.25) is 0 Å². The highest BCUT2D eigenvalue weighted by Gasteiger charge is 2.10. The van der Waals surface area contributed by atoms with Gasteiger partial charge in [-0.05, 0) is 19.4 Å². The maximum Gasteiger partial charge on any atom is 0.404 e. The molecular formula is C10H16N4O2. The summed E-state index contributed by atoms with van der Waals surface area (Å²) in [5.41, 5.74) is 7.36. The standard InChI is InChI=1S/C10H16N4O2/c1-6-7(2)12-10(14(3)4)13-8(6)5-16-9(11)15/h5H2,1-4H3,(H2,11,15). The van der Waals surface area contributed by atoms with Crippen LogP contribution in [-0.2, 0) is 11.3 Å². The second kappa shape index (κ2) is 4.78. The van der Waals surface area contributed by atoms with Crippen molar-refractivity contribution in [3.63, 3.8) is 0 Å². The molecule has 0 radical (unpaired) electrons. The Hall–Kier alpha value is -1.85. The van der Waals surface area contributed by atoms with Crippen molar-refractivity contribution in [2.24, 2.45) is 5.73 Å². The molecule has 1 amide bonds. The number of nitrogens with zero attached hydrogens (tertiary/aromatic N) is 3. The van der Waals surface area contributed by atoms with Gasteiger partial charge in [0.15, 0.2) is 0 Å². The number of nitrogens with two attached hydrogens (primary N) is 1. The van der Waals surface area contributed by atoms with E-state index in [1.807, 2.05) is 27.9 Å². The molecule has 6 nitrogen and oxygen atoms in total. The highest BCUT2D eigenvalue weighted by Crippen LogP contribution is 2.14. The zero-order valence-corrected chi connectivity index (χ0v) is 9.94. The first-order chi connectivity index (χ1) is 7.41. The molecule has 1 aromatic heterocycles. The van der Waals surface area contributed by atoms with Crippen molar-refractivity contribution in [3.8, 4) is 0 Å². The Morgan fingerprint density at radius 3 is 2.50 bits per heavy atom. The Balaban J connectivity index is 3.01. The zero-order chi connectivity index (χ0) is 12.3. The molecule has 0 unspecified atom stereocenters. The van der Waals surface area contributed by atoms with Crippen LogP contribution >= 0.6 is 0 Å². The quantitative estimate of drug-likeness (QED) is 0.819. The summed E-state index contributed by atoms with van der Waals surface area (Å²) in [6.07, 6.45) is -0.804. The van der Waals surface area contributed by atoms with Gasteiger partial charge in [0, 0.05) is 19.8 Å². The molecule has 0 atom stereocenters. The van der Waals surface area contributed by atoms with E-state index in [4.69, 9.17) is 10.5 Å². The minimum absolute atomic E-state index is 0.0748. The van der Waals surface area contributed by atoms with Crippen LogP contribution in [0, 0.1) is 13.8 Å². The van der Waals surface area contributed by atoms with Gasteiger partial charge in [-0.1, -0.05) is 0 Å². The molecule has 0 saturated carbocycles. The molecule has 0 aliphatic heterocycles. The molecule has 16 heavy (non-hydrogen) atoms. The van der Waals surface area contributed by atoms with Crippen molar-refractivity contribution < 1.29 is 9.53 Å². The lowest BCUT2D eigenvalue weighted by Crippen LogP contribution is -2.18. The number of primary amides is 1. The van der Waals surface area contributed by atoms with Gasteiger partial charge in [-0.25, -0.2) is 14.8 Å². The van der Waals surface area contributed by atoms with Crippen LogP contribution in [-0.4, -0.2) is 30.2 Å². The third kappa shape index (κ3) is 2.82. The van der Waals surface area contributed by atoms with E-state index in [1.165, 1.54) is 0 Å². The molecule has 88 valence electrons. The normalized spacial score (nSPS) is 10.0. The highest BCUT2D eigenvalue weighted by molar-refractivity contribution is 5.64. The second-order valence-corrected chi connectivity index (χ2v) is 3.68. The molecule has 2 N–H and O–H groups in total. The average Bonchev–Trinajstić information content (AvgIpc) is 2.19. The fourth-order valence-corrected chi connectivity index (χ4v) is 1.15. The van der Waals surface area contributed by atoms with Crippen LogP contribution < -0.4 is 10.6 Å². The first-order valence-corrected chi connectivity index (χ1v) is 4.85. The summed E-state index contributed by atoms with van der Waals surface area (Å²) in [4.78, 5) is 20.9. The number of anilines is 1. The van der Waals surface area contributed by atoms with Gasteiger partial charge in [0.1, 0.15) is 6.61 Å². The molecule has 0 aromatic carbocycles. The van der Waals surface area contributed by atoms with Gasteiger partial charge in [0.25, 0.3) is 0 Å². The molecule has 0 fully saturated rings. The Bertz CT molecular complexity index is 404. The number of hydrogen-bond donors (Lipinski definition) is 1. The van der Waals surface area contributed by atoms with Crippen LogP contribution in [0.4, 0.5) is 10.7 Å². The lowest BCUT2D eigenvalue weighted by atomic mass is 10.2. The fourth-order valence-electron chi connectivity index (χ4n) is 1.15. The summed E-state index contributed by atoms with van der Waals surface area (Å²) >= 11 is 0. The van der Waals surface area contributed by atoms with Gasteiger partial charge in [-0.2, -0.15) is 0 Å². The van der Waals surface area contributed by atoms with E-state index in [0.29, 0.717) is 11.6 Å². The lowest BCUT2D eigenvalue weighted by Gasteiger charge is -2.14. The Labute approximate surface area is 94.4 Å². The number of carbonyl (C=O) groups excluding carboxylic acids is 1. The van der Waals surface area contributed by atoms with Crippen LogP contribution in [0.5, 0.6) is 0 Å². The third-order valence-corrected chi connectivity index (χ3v) is 2.23. The predicted molar refractivity (Wildman–Crippen MR) is 60.2 cm³/mol. The predicted octanol–water partition coefficient (Wildman–Crippen LogP) is 0.755. The monoisotopic (exact) mass is 224 g/mol. The van der Waals surface area contributed by atoms with E-state index in [0.717, 1.165) is 11.3 Å².